The Morgan fingerprint density at radius 1 is 1.48 bits per heavy atom. The minimum Gasteiger partial charge on any atom is -0.468 e. The zero-order chi connectivity index (χ0) is 15.9. The Balaban J connectivity index is 2.47. The number of hydrogen-bond donors (Lipinski definition) is 2. The van der Waals surface area contributed by atoms with E-state index in [4.69, 9.17) is 5.11 Å². The van der Waals surface area contributed by atoms with E-state index in [2.05, 4.69) is 15.0 Å². The molecule has 1 unspecified atom stereocenters. The lowest BCUT2D eigenvalue weighted by molar-refractivity contribution is -0.154. The zero-order valence-electron chi connectivity index (χ0n) is 11.5. The van der Waals surface area contributed by atoms with Gasteiger partial charge in [0.05, 0.1) is 5.56 Å². The number of ether oxygens (including phenoxy) is 1. The zero-order valence-corrected chi connectivity index (χ0v) is 11.5. The van der Waals surface area contributed by atoms with E-state index in [0.29, 0.717) is 13.0 Å². The van der Waals surface area contributed by atoms with Crippen molar-refractivity contribution >= 4 is 5.91 Å². The number of aliphatic hydroxyl groups excluding tert-OH is 1. The third-order valence-electron chi connectivity index (χ3n) is 2.62. The van der Waals surface area contributed by atoms with E-state index in [9.17, 15) is 18.0 Å². The highest BCUT2D eigenvalue weighted by Gasteiger charge is 2.28. The van der Waals surface area contributed by atoms with Crippen LogP contribution in [-0.2, 0) is 0 Å². The Bertz CT molecular complexity index is 449. The number of amides is 1. The number of rotatable bonds is 7. The van der Waals surface area contributed by atoms with E-state index < -0.39 is 12.8 Å². The summed E-state index contributed by atoms with van der Waals surface area (Å²) in [5.74, 6) is -0.450. The molecule has 118 valence electrons. The molecule has 5 nitrogen and oxygen atoms in total. The monoisotopic (exact) mass is 306 g/mol. The molecule has 0 aliphatic rings. The normalized spacial score (nSPS) is 12.8. The van der Waals surface area contributed by atoms with Crippen LogP contribution in [0.25, 0.3) is 0 Å². The number of carbonyl (C=O) groups excluding carboxylic acids is 1. The van der Waals surface area contributed by atoms with Crippen LogP contribution in [-0.4, -0.2) is 41.9 Å². The largest absolute Gasteiger partial charge is 0.468 e. The first-order valence-electron chi connectivity index (χ1n) is 6.36. The lowest BCUT2D eigenvalue weighted by Crippen LogP contribution is -2.28. The van der Waals surface area contributed by atoms with Crippen molar-refractivity contribution in [1.29, 1.82) is 0 Å². The molecule has 2 N–H and O–H groups in total. The van der Waals surface area contributed by atoms with Crippen molar-refractivity contribution in [2.45, 2.75) is 19.5 Å². The predicted molar refractivity (Wildman–Crippen MR) is 69.0 cm³/mol. The fourth-order valence-electron chi connectivity index (χ4n) is 1.45. The smallest absolute Gasteiger partial charge is 0.422 e. The van der Waals surface area contributed by atoms with Gasteiger partial charge in [0, 0.05) is 25.4 Å². The number of aromatic nitrogens is 1. The SMILES string of the molecule is CC(CCO)CNC(=O)c1ccc(OCC(F)(F)F)nc1. The fraction of sp³-hybridized carbons (Fsp3) is 0.538. The van der Waals surface area contributed by atoms with Gasteiger partial charge in [-0.15, -0.1) is 0 Å². The molecule has 1 heterocycles. The van der Waals surface area contributed by atoms with Crippen LogP contribution in [0.2, 0.25) is 0 Å². The molecule has 8 heteroatoms. The number of nitrogens with one attached hydrogen (secondary N) is 1. The maximum atomic E-state index is 12.0. The summed E-state index contributed by atoms with van der Waals surface area (Å²) in [4.78, 5) is 15.4. The van der Waals surface area contributed by atoms with Crippen LogP contribution in [0.3, 0.4) is 0 Å². The van der Waals surface area contributed by atoms with E-state index in [1.807, 2.05) is 6.92 Å². The fourth-order valence-corrected chi connectivity index (χ4v) is 1.45. The van der Waals surface area contributed by atoms with Crippen LogP contribution < -0.4 is 10.1 Å². The van der Waals surface area contributed by atoms with Crippen molar-refractivity contribution in [2.75, 3.05) is 19.8 Å². The van der Waals surface area contributed by atoms with Crippen molar-refractivity contribution in [3.8, 4) is 5.88 Å². The van der Waals surface area contributed by atoms with Crippen LogP contribution in [0.4, 0.5) is 13.2 Å². The van der Waals surface area contributed by atoms with Gasteiger partial charge in [-0.05, 0) is 18.4 Å². The van der Waals surface area contributed by atoms with Crippen LogP contribution in [0.1, 0.15) is 23.7 Å². The lowest BCUT2D eigenvalue weighted by Gasteiger charge is -2.11. The van der Waals surface area contributed by atoms with E-state index in [1.54, 1.807) is 0 Å². The standard InChI is InChI=1S/C13H17F3N2O3/c1-9(4-5-19)6-18-12(20)10-2-3-11(17-7-10)21-8-13(14,15)16/h2-3,7,9,19H,4-6,8H2,1H3,(H,18,20). The summed E-state index contributed by atoms with van der Waals surface area (Å²) in [6.07, 6.45) is -2.71. The minimum absolute atomic E-state index is 0.0455. The first-order valence-corrected chi connectivity index (χ1v) is 6.36. The van der Waals surface area contributed by atoms with Gasteiger partial charge >= 0.3 is 6.18 Å². The molecule has 0 fully saturated rings. The molecule has 0 radical (unpaired) electrons. The first-order chi connectivity index (χ1) is 9.81. The molecular formula is C13H17F3N2O3. The molecular weight excluding hydrogens is 289 g/mol. The Kier molecular flexibility index (Phi) is 6.41. The average Bonchev–Trinajstić information content (AvgIpc) is 2.42. The topological polar surface area (TPSA) is 71.5 Å². The van der Waals surface area contributed by atoms with Gasteiger partial charge in [0.15, 0.2) is 6.61 Å². The van der Waals surface area contributed by atoms with Gasteiger partial charge in [0.2, 0.25) is 5.88 Å². The number of alkyl halides is 3. The van der Waals surface area contributed by atoms with Crippen molar-refractivity contribution in [2.24, 2.45) is 5.92 Å². The molecule has 1 atom stereocenters. The Morgan fingerprint density at radius 2 is 2.19 bits per heavy atom. The molecule has 0 spiro atoms. The van der Waals surface area contributed by atoms with Gasteiger partial charge in [-0.1, -0.05) is 6.92 Å². The van der Waals surface area contributed by atoms with Crippen molar-refractivity contribution in [1.82, 2.24) is 10.3 Å². The second kappa shape index (κ2) is 7.82. The Labute approximate surface area is 120 Å². The third kappa shape index (κ3) is 6.94. The second-order valence-corrected chi connectivity index (χ2v) is 4.62. The summed E-state index contributed by atoms with van der Waals surface area (Å²) in [5, 5.41) is 11.4. The number of aliphatic hydroxyl groups is 1. The van der Waals surface area contributed by atoms with Gasteiger partial charge in [0.25, 0.3) is 5.91 Å². The predicted octanol–water partition coefficient (Wildman–Crippen LogP) is 1.77. The van der Waals surface area contributed by atoms with Gasteiger partial charge in [0.1, 0.15) is 0 Å². The molecule has 1 rings (SSSR count). The number of pyridine rings is 1. The lowest BCUT2D eigenvalue weighted by atomic mass is 10.1. The summed E-state index contributed by atoms with van der Waals surface area (Å²) in [7, 11) is 0. The van der Waals surface area contributed by atoms with Gasteiger partial charge in [-0.25, -0.2) is 4.98 Å². The summed E-state index contributed by atoms with van der Waals surface area (Å²) in [6, 6.07) is 2.54. The van der Waals surface area contributed by atoms with E-state index >= 15 is 0 Å². The molecule has 0 saturated heterocycles. The maximum absolute atomic E-state index is 12.0. The summed E-state index contributed by atoms with van der Waals surface area (Å²) >= 11 is 0. The molecule has 21 heavy (non-hydrogen) atoms. The second-order valence-electron chi connectivity index (χ2n) is 4.62. The minimum atomic E-state index is -4.43. The van der Waals surface area contributed by atoms with Crippen molar-refractivity contribution in [3.63, 3.8) is 0 Å². The highest BCUT2D eigenvalue weighted by Crippen LogP contribution is 2.17. The van der Waals surface area contributed by atoms with Gasteiger partial charge in [-0.3, -0.25) is 4.79 Å². The van der Waals surface area contributed by atoms with Crippen LogP contribution >= 0.6 is 0 Å². The summed E-state index contributed by atoms with van der Waals surface area (Å²) in [5.41, 5.74) is 0.227. The molecule has 0 aromatic carbocycles. The van der Waals surface area contributed by atoms with Crippen LogP contribution in [0.5, 0.6) is 5.88 Å². The summed E-state index contributed by atoms with van der Waals surface area (Å²) < 4.78 is 40.3. The van der Waals surface area contributed by atoms with E-state index in [0.717, 1.165) is 6.20 Å². The van der Waals surface area contributed by atoms with Crippen molar-refractivity contribution in [3.05, 3.63) is 23.9 Å². The summed E-state index contributed by atoms with van der Waals surface area (Å²) in [6.45, 7) is 0.891. The number of hydrogen-bond acceptors (Lipinski definition) is 4. The maximum Gasteiger partial charge on any atom is 0.422 e. The van der Waals surface area contributed by atoms with E-state index in [1.165, 1.54) is 12.1 Å². The van der Waals surface area contributed by atoms with Crippen LogP contribution in [0, 0.1) is 5.92 Å². The molecule has 0 bridgehead atoms. The molecule has 0 aliphatic heterocycles. The first kappa shape index (κ1) is 17.2. The molecule has 0 saturated carbocycles. The quantitative estimate of drug-likeness (QED) is 0.805. The Morgan fingerprint density at radius 3 is 2.71 bits per heavy atom. The number of carbonyl (C=O) groups is 1. The van der Waals surface area contributed by atoms with Crippen LogP contribution in [0.15, 0.2) is 18.3 Å². The van der Waals surface area contributed by atoms with Gasteiger partial charge < -0.3 is 15.2 Å². The average molecular weight is 306 g/mol. The van der Waals surface area contributed by atoms with E-state index in [-0.39, 0.29) is 29.9 Å². The third-order valence-corrected chi connectivity index (χ3v) is 2.62. The Hall–Kier alpha value is -1.83. The number of halogens is 3. The number of nitrogens with zero attached hydrogens (tertiary/aromatic N) is 1. The van der Waals surface area contributed by atoms with Gasteiger partial charge in [-0.2, -0.15) is 13.2 Å². The molecule has 1 aromatic rings. The highest BCUT2D eigenvalue weighted by molar-refractivity contribution is 5.93. The molecule has 0 aliphatic carbocycles. The molecule has 1 aromatic heterocycles. The van der Waals surface area contributed by atoms with Crippen molar-refractivity contribution < 1.29 is 27.8 Å². The highest BCUT2D eigenvalue weighted by atomic mass is 19.4. The molecule has 1 amide bonds.